The standard InChI is InChI=1S/C12H15N3O3S/c1-8(2)15(7-11(17)18)6-10(16)14-12-9(5-13)3-4-19-12/h3-4,8H,6-7H2,1-2H3,(H,14,16)(H,17,18). The van der Waals surface area contributed by atoms with Gasteiger partial charge in [0.25, 0.3) is 0 Å². The Morgan fingerprint density at radius 1 is 1.53 bits per heavy atom. The molecule has 6 nitrogen and oxygen atoms in total. The van der Waals surface area contributed by atoms with E-state index in [0.29, 0.717) is 10.6 Å². The molecule has 1 rings (SSSR count). The van der Waals surface area contributed by atoms with Gasteiger partial charge in [-0.2, -0.15) is 5.26 Å². The SMILES string of the molecule is CC(C)N(CC(=O)O)CC(=O)Nc1sccc1C#N. The number of carbonyl (C=O) groups is 2. The summed E-state index contributed by atoms with van der Waals surface area (Å²) in [6.07, 6.45) is 0. The molecule has 0 atom stereocenters. The minimum Gasteiger partial charge on any atom is -0.480 e. The van der Waals surface area contributed by atoms with Gasteiger partial charge in [0.2, 0.25) is 5.91 Å². The van der Waals surface area contributed by atoms with Crippen LogP contribution in [-0.4, -0.2) is 41.0 Å². The van der Waals surface area contributed by atoms with Crippen LogP contribution in [0.15, 0.2) is 11.4 Å². The summed E-state index contributed by atoms with van der Waals surface area (Å²) in [7, 11) is 0. The number of carbonyl (C=O) groups excluding carboxylic acids is 1. The Balaban J connectivity index is 2.63. The van der Waals surface area contributed by atoms with Gasteiger partial charge >= 0.3 is 5.97 Å². The second-order valence-corrected chi connectivity index (χ2v) is 5.13. The smallest absolute Gasteiger partial charge is 0.317 e. The Bertz CT molecular complexity index is 505. The molecule has 0 saturated heterocycles. The first kappa shape index (κ1) is 15.1. The summed E-state index contributed by atoms with van der Waals surface area (Å²) >= 11 is 1.26. The zero-order chi connectivity index (χ0) is 14.4. The van der Waals surface area contributed by atoms with Crippen LogP contribution in [0.4, 0.5) is 5.00 Å². The highest BCUT2D eigenvalue weighted by molar-refractivity contribution is 7.14. The molecular weight excluding hydrogens is 266 g/mol. The first-order valence-electron chi connectivity index (χ1n) is 5.67. The fourth-order valence-electron chi connectivity index (χ4n) is 1.44. The van der Waals surface area contributed by atoms with Gasteiger partial charge in [-0.05, 0) is 25.3 Å². The maximum Gasteiger partial charge on any atom is 0.317 e. The normalized spacial score (nSPS) is 10.5. The molecule has 1 aromatic rings. The summed E-state index contributed by atoms with van der Waals surface area (Å²) in [5.74, 6) is -1.30. The van der Waals surface area contributed by atoms with E-state index in [2.05, 4.69) is 5.32 Å². The van der Waals surface area contributed by atoms with Gasteiger partial charge < -0.3 is 10.4 Å². The van der Waals surface area contributed by atoms with E-state index in [4.69, 9.17) is 10.4 Å². The van der Waals surface area contributed by atoms with Crippen molar-refractivity contribution in [2.45, 2.75) is 19.9 Å². The molecule has 0 aliphatic rings. The lowest BCUT2D eigenvalue weighted by molar-refractivity contribution is -0.139. The lowest BCUT2D eigenvalue weighted by Gasteiger charge is -2.23. The van der Waals surface area contributed by atoms with Crippen molar-refractivity contribution in [1.29, 1.82) is 5.26 Å². The van der Waals surface area contributed by atoms with Crippen molar-refractivity contribution in [3.63, 3.8) is 0 Å². The predicted molar refractivity (Wildman–Crippen MR) is 72.0 cm³/mol. The molecule has 0 spiro atoms. The molecule has 1 aromatic heterocycles. The summed E-state index contributed by atoms with van der Waals surface area (Å²) in [6, 6.07) is 3.54. The van der Waals surface area contributed by atoms with Crippen molar-refractivity contribution >= 4 is 28.2 Å². The van der Waals surface area contributed by atoms with Crippen LogP contribution in [0, 0.1) is 11.3 Å². The van der Waals surface area contributed by atoms with Gasteiger partial charge in [0.05, 0.1) is 18.7 Å². The lowest BCUT2D eigenvalue weighted by Crippen LogP contribution is -2.41. The number of hydrogen-bond acceptors (Lipinski definition) is 5. The number of carboxylic acids is 1. The zero-order valence-electron chi connectivity index (χ0n) is 10.7. The third-order valence-corrected chi connectivity index (χ3v) is 3.28. The van der Waals surface area contributed by atoms with Crippen molar-refractivity contribution in [2.24, 2.45) is 0 Å². The monoisotopic (exact) mass is 281 g/mol. The highest BCUT2D eigenvalue weighted by Crippen LogP contribution is 2.21. The summed E-state index contributed by atoms with van der Waals surface area (Å²) in [5.41, 5.74) is 0.410. The Morgan fingerprint density at radius 2 is 2.21 bits per heavy atom. The molecule has 7 heteroatoms. The van der Waals surface area contributed by atoms with E-state index < -0.39 is 5.97 Å². The van der Waals surface area contributed by atoms with Crippen molar-refractivity contribution in [1.82, 2.24) is 4.90 Å². The van der Waals surface area contributed by atoms with E-state index in [9.17, 15) is 9.59 Å². The molecular formula is C12H15N3O3S. The van der Waals surface area contributed by atoms with Crippen molar-refractivity contribution < 1.29 is 14.7 Å². The van der Waals surface area contributed by atoms with Gasteiger partial charge in [-0.15, -0.1) is 11.3 Å². The number of nitrogens with zero attached hydrogens (tertiary/aromatic N) is 2. The molecule has 19 heavy (non-hydrogen) atoms. The Morgan fingerprint density at radius 3 is 2.74 bits per heavy atom. The van der Waals surface area contributed by atoms with Crippen LogP contribution >= 0.6 is 11.3 Å². The van der Waals surface area contributed by atoms with Gasteiger partial charge in [0, 0.05) is 6.04 Å². The van der Waals surface area contributed by atoms with Gasteiger partial charge in [-0.25, -0.2) is 0 Å². The predicted octanol–water partition coefficient (Wildman–Crippen LogP) is 1.35. The summed E-state index contributed by atoms with van der Waals surface area (Å²) < 4.78 is 0. The second kappa shape index (κ2) is 6.87. The van der Waals surface area contributed by atoms with E-state index in [1.165, 1.54) is 16.2 Å². The van der Waals surface area contributed by atoms with E-state index >= 15 is 0 Å². The van der Waals surface area contributed by atoms with Crippen LogP contribution < -0.4 is 5.32 Å². The number of carboxylic acid groups (broad SMARTS) is 1. The Labute approximate surface area is 115 Å². The van der Waals surface area contributed by atoms with Crippen LogP contribution in [0.25, 0.3) is 0 Å². The number of aliphatic carboxylic acids is 1. The van der Waals surface area contributed by atoms with Crippen LogP contribution in [0.2, 0.25) is 0 Å². The molecule has 0 saturated carbocycles. The molecule has 0 bridgehead atoms. The van der Waals surface area contributed by atoms with Gasteiger partial charge in [0.15, 0.2) is 0 Å². The van der Waals surface area contributed by atoms with Crippen LogP contribution in [-0.2, 0) is 9.59 Å². The van der Waals surface area contributed by atoms with Crippen molar-refractivity contribution in [3.05, 3.63) is 17.0 Å². The molecule has 0 fully saturated rings. The average molecular weight is 281 g/mol. The number of nitriles is 1. The highest BCUT2D eigenvalue weighted by atomic mass is 32.1. The molecule has 0 aliphatic heterocycles. The number of nitrogens with one attached hydrogen (secondary N) is 1. The fraction of sp³-hybridized carbons (Fsp3) is 0.417. The van der Waals surface area contributed by atoms with E-state index in [1.807, 2.05) is 19.9 Å². The lowest BCUT2D eigenvalue weighted by atomic mass is 10.3. The van der Waals surface area contributed by atoms with Crippen LogP contribution in [0.1, 0.15) is 19.4 Å². The van der Waals surface area contributed by atoms with Crippen LogP contribution in [0.5, 0.6) is 0 Å². The van der Waals surface area contributed by atoms with E-state index in [0.717, 1.165) is 0 Å². The first-order valence-corrected chi connectivity index (χ1v) is 6.55. The van der Waals surface area contributed by atoms with E-state index in [1.54, 1.807) is 11.4 Å². The maximum absolute atomic E-state index is 11.8. The minimum atomic E-state index is -0.977. The Kier molecular flexibility index (Phi) is 5.48. The van der Waals surface area contributed by atoms with Gasteiger partial charge in [0.1, 0.15) is 11.1 Å². The maximum atomic E-state index is 11.8. The van der Waals surface area contributed by atoms with Crippen molar-refractivity contribution in [3.8, 4) is 6.07 Å². The molecule has 102 valence electrons. The zero-order valence-corrected chi connectivity index (χ0v) is 11.5. The van der Waals surface area contributed by atoms with Gasteiger partial charge in [-0.1, -0.05) is 0 Å². The number of anilines is 1. The number of amides is 1. The quantitative estimate of drug-likeness (QED) is 0.821. The van der Waals surface area contributed by atoms with E-state index in [-0.39, 0.29) is 25.0 Å². The third-order valence-electron chi connectivity index (χ3n) is 2.45. The summed E-state index contributed by atoms with van der Waals surface area (Å²) in [6.45, 7) is 3.43. The third kappa shape index (κ3) is 4.69. The average Bonchev–Trinajstić information content (AvgIpc) is 2.74. The molecule has 2 N–H and O–H groups in total. The molecule has 1 heterocycles. The molecule has 0 aromatic carbocycles. The van der Waals surface area contributed by atoms with Gasteiger partial charge in [-0.3, -0.25) is 14.5 Å². The summed E-state index contributed by atoms with van der Waals surface area (Å²) in [5, 5.41) is 22.4. The Hall–Kier alpha value is -1.91. The topological polar surface area (TPSA) is 93.4 Å². The summed E-state index contributed by atoms with van der Waals surface area (Å²) in [4.78, 5) is 24.1. The fourth-order valence-corrected chi connectivity index (χ4v) is 2.19. The largest absolute Gasteiger partial charge is 0.480 e. The minimum absolute atomic E-state index is 0.0211. The molecule has 1 amide bonds. The van der Waals surface area contributed by atoms with Crippen molar-refractivity contribution in [2.75, 3.05) is 18.4 Å². The highest BCUT2D eigenvalue weighted by Gasteiger charge is 2.18. The molecule has 0 aliphatic carbocycles. The number of hydrogen-bond donors (Lipinski definition) is 2. The number of thiophene rings is 1. The second-order valence-electron chi connectivity index (χ2n) is 4.22. The molecule has 0 unspecified atom stereocenters. The first-order chi connectivity index (χ1) is 8.93. The number of rotatable bonds is 6. The van der Waals surface area contributed by atoms with Crippen LogP contribution in [0.3, 0.4) is 0 Å². The molecule has 0 radical (unpaired) electrons.